The number of hydrogen-bond donors (Lipinski definition) is 1. The predicted molar refractivity (Wildman–Crippen MR) is 113 cm³/mol. The van der Waals surface area contributed by atoms with Crippen molar-refractivity contribution in [2.75, 3.05) is 11.5 Å². The minimum atomic E-state index is -4.62. The summed E-state index contributed by atoms with van der Waals surface area (Å²) in [5.74, 6) is -0.709. The van der Waals surface area contributed by atoms with Crippen molar-refractivity contribution >= 4 is 38.8 Å². The van der Waals surface area contributed by atoms with Gasteiger partial charge in [0, 0.05) is 27.1 Å². The summed E-state index contributed by atoms with van der Waals surface area (Å²) >= 11 is 12.1. The number of nitrogens with zero attached hydrogens (tertiary/aromatic N) is 1. The summed E-state index contributed by atoms with van der Waals surface area (Å²) in [6.45, 7) is 1.68. The van der Waals surface area contributed by atoms with Gasteiger partial charge in [-0.15, -0.1) is 0 Å². The van der Waals surface area contributed by atoms with Crippen LogP contribution in [0.1, 0.15) is 23.1 Å². The van der Waals surface area contributed by atoms with Crippen LogP contribution in [-0.2, 0) is 27.1 Å². The van der Waals surface area contributed by atoms with Crippen molar-refractivity contribution in [3.8, 4) is 11.1 Å². The Morgan fingerprint density at radius 2 is 1.90 bits per heavy atom. The molecule has 4 nitrogen and oxygen atoms in total. The normalized spacial score (nSPS) is 22.1. The number of amides is 1. The third kappa shape index (κ3) is 4.99. The molecule has 2 N–H and O–H groups in total. The van der Waals surface area contributed by atoms with Gasteiger partial charge in [0.05, 0.1) is 21.3 Å². The van der Waals surface area contributed by atoms with Gasteiger partial charge in [-0.2, -0.15) is 17.5 Å². The van der Waals surface area contributed by atoms with E-state index in [9.17, 15) is 22.2 Å². The van der Waals surface area contributed by atoms with E-state index in [2.05, 4.69) is 4.36 Å². The lowest BCUT2D eigenvalue weighted by molar-refractivity contribution is -0.138. The van der Waals surface area contributed by atoms with Gasteiger partial charge in [-0.3, -0.25) is 4.79 Å². The molecule has 30 heavy (non-hydrogen) atoms. The van der Waals surface area contributed by atoms with E-state index in [1.54, 1.807) is 19.1 Å². The molecule has 0 fully saturated rings. The molecule has 0 radical (unpaired) electrons. The first-order valence-electron chi connectivity index (χ1n) is 9.08. The lowest BCUT2D eigenvalue weighted by Gasteiger charge is -2.20. The summed E-state index contributed by atoms with van der Waals surface area (Å²) in [6.07, 6.45) is -4.54. The summed E-state index contributed by atoms with van der Waals surface area (Å²) in [5.41, 5.74) is 6.07. The van der Waals surface area contributed by atoms with Crippen molar-refractivity contribution in [3.05, 3.63) is 57.1 Å². The van der Waals surface area contributed by atoms with Gasteiger partial charge < -0.3 is 5.73 Å². The van der Waals surface area contributed by atoms with Crippen LogP contribution in [0.2, 0.25) is 10.0 Å². The standard InChI is InChI=1S/C20H19Cl2F3N2O2S/c1-11-8-12(4-6-30(29)7-5-18(26)19(28)27-30)16(20(23,24)25)10-15(11)14-3-2-13(21)9-17(14)22/h2-3,8-10,18H,4-7,26H2,1H3/t18-,30?/m0/s1. The maximum atomic E-state index is 13.8. The lowest BCUT2D eigenvalue weighted by Crippen LogP contribution is -2.37. The molecule has 0 spiro atoms. The largest absolute Gasteiger partial charge is 0.416 e. The van der Waals surface area contributed by atoms with E-state index in [-0.39, 0.29) is 34.9 Å². The smallest absolute Gasteiger partial charge is 0.320 e. The quantitative estimate of drug-likeness (QED) is 0.651. The Balaban J connectivity index is 2.01. The number of carbonyl (C=O) groups is 1. The first-order chi connectivity index (χ1) is 13.9. The Morgan fingerprint density at radius 1 is 1.20 bits per heavy atom. The lowest BCUT2D eigenvalue weighted by atomic mass is 9.93. The van der Waals surface area contributed by atoms with Crippen LogP contribution >= 0.6 is 23.2 Å². The summed E-state index contributed by atoms with van der Waals surface area (Å²) < 4.78 is 57.8. The van der Waals surface area contributed by atoms with Crippen LogP contribution in [0.15, 0.2) is 34.7 Å². The van der Waals surface area contributed by atoms with E-state index in [0.29, 0.717) is 21.7 Å². The highest BCUT2D eigenvalue weighted by atomic mass is 35.5. The maximum Gasteiger partial charge on any atom is 0.416 e. The van der Waals surface area contributed by atoms with Gasteiger partial charge >= 0.3 is 6.18 Å². The third-order valence-corrected chi connectivity index (χ3v) is 7.76. The number of nitrogens with two attached hydrogens (primary N) is 1. The number of hydrogen-bond acceptors (Lipinski definition) is 3. The zero-order valence-corrected chi connectivity index (χ0v) is 18.3. The highest BCUT2D eigenvalue weighted by molar-refractivity contribution is 7.93. The third-order valence-electron chi connectivity index (χ3n) is 4.99. The number of halogens is 5. The van der Waals surface area contributed by atoms with Crippen LogP contribution in [0.5, 0.6) is 0 Å². The second-order valence-corrected chi connectivity index (χ2v) is 10.6. The molecular formula is C20H19Cl2F3N2O2S. The summed E-state index contributed by atoms with van der Waals surface area (Å²) in [4.78, 5) is 11.7. The van der Waals surface area contributed by atoms with Gasteiger partial charge in [0.25, 0.3) is 5.91 Å². The van der Waals surface area contributed by atoms with Crippen molar-refractivity contribution < 1.29 is 22.2 Å². The second kappa shape index (κ2) is 8.49. The second-order valence-electron chi connectivity index (χ2n) is 7.20. The van der Waals surface area contributed by atoms with Gasteiger partial charge in [0.1, 0.15) is 0 Å². The van der Waals surface area contributed by atoms with Gasteiger partial charge in [-0.25, -0.2) is 4.21 Å². The molecule has 2 aromatic rings. The van der Waals surface area contributed by atoms with Crippen LogP contribution < -0.4 is 5.73 Å². The molecule has 1 unspecified atom stereocenters. The molecule has 1 aliphatic heterocycles. The molecular weight excluding hydrogens is 460 g/mol. The Labute approximate surface area is 182 Å². The van der Waals surface area contributed by atoms with Gasteiger partial charge in [0.2, 0.25) is 0 Å². The molecule has 1 aliphatic rings. The summed E-state index contributed by atoms with van der Waals surface area (Å²) in [6, 6.07) is 6.26. The predicted octanol–water partition coefficient (Wildman–Crippen LogP) is 5.26. The van der Waals surface area contributed by atoms with E-state index in [1.807, 2.05) is 0 Å². The van der Waals surface area contributed by atoms with Crippen molar-refractivity contribution in [1.29, 1.82) is 0 Å². The Bertz CT molecular complexity index is 1130. The van der Waals surface area contributed by atoms with Crippen molar-refractivity contribution in [2.24, 2.45) is 10.1 Å². The molecule has 2 aromatic carbocycles. The molecule has 162 valence electrons. The first kappa shape index (κ1) is 23.1. The van der Waals surface area contributed by atoms with Gasteiger partial charge in [0.15, 0.2) is 0 Å². The van der Waals surface area contributed by atoms with Crippen LogP contribution in [-0.4, -0.2) is 27.7 Å². The minimum absolute atomic E-state index is 0.00548. The van der Waals surface area contributed by atoms with Crippen molar-refractivity contribution in [1.82, 2.24) is 0 Å². The SMILES string of the molecule is Cc1cc(CCS2(=O)=NC(=O)[C@@H](N)CC2)c(C(F)(F)F)cc1-c1ccc(Cl)cc1Cl. The van der Waals surface area contributed by atoms with E-state index in [4.69, 9.17) is 28.9 Å². The van der Waals surface area contributed by atoms with Crippen molar-refractivity contribution in [3.63, 3.8) is 0 Å². The Kier molecular flexibility index (Phi) is 6.53. The van der Waals surface area contributed by atoms with E-state index >= 15 is 0 Å². The van der Waals surface area contributed by atoms with Crippen molar-refractivity contribution in [2.45, 2.75) is 32.0 Å². The molecule has 0 bridgehead atoms. The fourth-order valence-electron chi connectivity index (χ4n) is 3.37. The molecule has 0 aromatic heterocycles. The average molecular weight is 479 g/mol. The first-order valence-corrected chi connectivity index (χ1v) is 11.7. The van der Waals surface area contributed by atoms with Crippen LogP contribution in [0.4, 0.5) is 13.2 Å². The molecule has 0 saturated heterocycles. The van der Waals surface area contributed by atoms with Gasteiger partial charge in [-0.05, 0) is 54.7 Å². The molecule has 10 heteroatoms. The highest BCUT2D eigenvalue weighted by Crippen LogP contribution is 2.39. The molecule has 3 rings (SSSR count). The number of alkyl halides is 3. The Morgan fingerprint density at radius 3 is 2.50 bits per heavy atom. The maximum absolute atomic E-state index is 13.8. The highest BCUT2D eigenvalue weighted by Gasteiger charge is 2.35. The summed E-state index contributed by atoms with van der Waals surface area (Å²) in [5, 5.41) is 0.619. The molecule has 0 saturated carbocycles. The minimum Gasteiger partial charge on any atom is -0.320 e. The van der Waals surface area contributed by atoms with E-state index < -0.39 is 33.4 Å². The van der Waals surface area contributed by atoms with Crippen LogP contribution in [0.25, 0.3) is 11.1 Å². The number of rotatable bonds is 4. The number of benzene rings is 2. The number of carbonyl (C=O) groups excluding carboxylic acids is 1. The molecule has 2 atom stereocenters. The Hall–Kier alpha value is -1.61. The fourth-order valence-corrected chi connectivity index (χ4v) is 5.89. The summed E-state index contributed by atoms with van der Waals surface area (Å²) in [7, 11) is -2.93. The fraction of sp³-hybridized carbons (Fsp3) is 0.350. The van der Waals surface area contributed by atoms with Crippen LogP contribution in [0.3, 0.4) is 0 Å². The molecule has 0 aliphatic carbocycles. The van der Waals surface area contributed by atoms with Gasteiger partial charge in [-0.1, -0.05) is 35.3 Å². The monoisotopic (exact) mass is 478 g/mol. The topological polar surface area (TPSA) is 72.5 Å². The molecule has 1 heterocycles. The molecule has 1 amide bonds. The zero-order chi connectivity index (χ0) is 22.3. The average Bonchev–Trinajstić information content (AvgIpc) is 2.63. The zero-order valence-electron chi connectivity index (χ0n) is 15.9. The number of aryl methyl sites for hydroxylation is 2. The van der Waals surface area contributed by atoms with E-state index in [1.165, 1.54) is 12.1 Å². The van der Waals surface area contributed by atoms with E-state index in [0.717, 1.165) is 6.07 Å². The van der Waals surface area contributed by atoms with Crippen LogP contribution in [0, 0.1) is 6.92 Å².